The van der Waals surface area contributed by atoms with Gasteiger partial charge in [-0.25, -0.2) is 0 Å². The van der Waals surface area contributed by atoms with Gasteiger partial charge in [0.15, 0.2) is 0 Å². The van der Waals surface area contributed by atoms with Crippen LogP contribution in [0.25, 0.3) is 0 Å². The van der Waals surface area contributed by atoms with Crippen LogP contribution in [0.5, 0.6) is 0 Å². The second kappa shape index (κ2) is 7.97. The summed E-state index contributed by atoms with van der Waals surface area (Å²) in [6.45, 7) is 1.16. The van der Waals surface area contributed by atoms with Crippen LogP contribution < -0.4 is 5.32 Å². The number of aliphatic hydroxyl groups is 1. The van der Waals surface area contributed by atoms with Crippen LogP contribution in [0.4, 0.5) is 0 Å². The molecule has 5 nitrogen and oxygen atoms in total. The molecule has 0 atom stereocenters. The van der Waals surface area contributed by atoms with Crippen LogP contribution in [-0.2, 0) is 4.79 Å². The van der Waals surface area contributed by atoms with Crippen molar-refractivity contribution in [1.82, 2.24) is 5.32 Å². The Kier molecular flexibility index (Phi) is 9.11. The van der Waals surface area contributed by atoms with E-state index in [1.165, 1.54) is 0 Å². The van der Waals surface area contributed by atoms with Crippen LogP contribution in [0.15, 0.2) is 0 Å². The number of aliphatic hydroxyl groups excluding tert-OH is 1. The van der Waals surface area contributed by atoms with Gasteiger partial charge in [0.25, 0.3) is 0 Å². The molecule has 0 radical (unpaired) electrons. The van der Waals surface area contributed by atoms with Crippen LogP contribution in [0, 0.1) is 0 Å². The average Bonchev–Trinajstić information content (AvgIpc) is 1.84. The lowest BCUT2D eigenvalue weighted by Gasteiger charge is -2.21. The smallest absolute Gasteiger partial charge is 0.317 e. The van der Waals surface area contributed by atoms with Gasteiger partial charge in [0.05, 0.1) is 34.3 Å². The summed E-state index contributed by atoms with van der Waals surface area (Å²) in [4.78, 5) is 9.54. The van der Waals surface area contributed by atoms with Crippen LogP contribution in [0.1, 0.15) is 0 Å². The Morgan fingerprint density at radius 1 is 1.38 bits per heavy atom. The number of carboxylic acid groups (broad SMARTS) is 1. The first-order chi connectivity index (χ1) is 5.83. The van der Waals surface area contributed by atoms with E-state index in [0.29, 0.717) is 0 Å². The summed E-state index contributed by atoms with van der Waals surface area (Å²) in [6.07, 6.45) is 0. The van der Waals surface area contributed by atoms with Crippen molar-refractivity contribution in [3.8, 4) is 0 Å². The number of aliphatic carboxylic acids is 1. The number of carbonyl (C=O) groups is 1. The van der Waals surface area contributed by atoms with E-state index < -0.39 is 5.97 Å². The Labute approximate surface area is 79.6 Å². The van der Waals surface area contributed by atoms with Crippen molar-refractivity contribution in [1.29, 1.82) is 0 Å². The number of hydrogen-bond donors (Lipinski definition) is 3. The monoisotopic (exact) mass is 193 g/mol. The van der Waals surface area contributed by atoms with Gasteiger partial charge in [-0.2, -0.15) is 0 Å². The molecule has 0 aliphatic rings. The maximum atomic E-state index is 9.54. The fourth-order valence-corrected chi connectivity index (χ4v) is 0.451. The summed E-state index contributed by atoms with van der Waals surface area (Å²) >= 11 is 0. The highest BCUT2D eigenvalue weighted by Gasteiger charge is 2.02. The minimum atomic E-state index is -0.822. The molecule has 0 aromatic heterocycles. The number of quaternary nitrogens is 1. The zero-order valence-corrected chi connectivity index (χ0v) is 8.87. The minimum Gasteiger partial charge on any atom is -0.480 e. The summed E-state index contributed by atoms with van der Waals surface area (Å²) < 4.78 is 0.844. The van der Waals surface area contributed by atoms with E-state index in [1.54, 1.807) is 7.05 Å². The van der Waals surface area contributed by atoms with Crippen molar-refractivity contribution >= 4 is 5.97 Å². The topological polar surface area (TPSA) is 69.6 Å². The average molecular weight is 193 g/mol. The Bertz CT molecular complexity index is 132. The second-order valence-corrected chi connectivity index (χ2v) is 3.66. The van der Waals surface area contributed by atoms with Gasteiger partial charge in [-0.05, 0) is 7.05 Å². The third kappa shape index (κ3) is 24.6. The van der Waals surface area contributed by atoms with Crippen molar-refractivity contribution in [2.45, 2.75) is 0 Å². The van der Waals surface area contributed by atoms with Crippen molar-refractivity contribution in [3.63, 3.8) is 0 Å². The summed E-state index contributed by atoms with van der Waals surface area (Å²) in [5.41, 5.74) is 0. The Hall–Kier alpha value is -0.650. The third-order valence-corrected chi connectivity index (χ3v) is 1.10. The highest BCUT2D eigenvalue weighted by atomic mass is 16.4. The first-order valence-electron chi connectivity index (χ1n) is 4.11. The predicted molar refractivity (Wildman–Crippen MR) is 51.5 cm³/mol. The fourth-order valence-electron chi connectivity index (χ4n) is 0.451. The zero-order chi connectivity index (χ0) is 10.9. The lowest BCUT2D eigenvalue weighted by molar-refractivity contribution is -0.870. The Morgan fingerprint density at radius 2 is 1.85 bits per heavy atom. The molecule has 0 aliphatic heterocycles. The van der Waals surface area contributed by atoms with Crippen LogP contribution >= 0.6 is 0 Å². The molecule has 3 N–H and O–H groups in total. The zero-order valence-electron chi connectivity index (χ0n) is 8.87. The van der Waals surface area contributed by atoms with Crippen molar-refractivity contribution in [2.24, 2.45) is 0 Å². The van der Waals surface area contributed by atoms with Gasteiger partial charge in [0.1, 0.15) is 6.54 Å². The maximum absolute atomic E-state index is 9.54. The van der Waals surface area contributed by atoms with Crippen LogP contribution in [0.2, 0.25) is 0 Å². The van der Waals surface area contributed by atoms with Gasteiger partial charge in [0.2, 0.25) is 0 Å². The molecule has 0 bridgehead atoms. The molecule has 0 amide bonds. The molecule has 5 heteroatoms. The van der Waals surface area contributed by atoms with Crippen molar-refractivity contribution < 1.29 is 19.5 Å². The number of likely N-dealkylation sites (N-methyl/N-ethyl adjacent to an activating group) is 2. The minimum absolute atomic E-state index is 0.0417. The SMILES string of the molecule is CNCC(=O)O.C[N+](C)(C)CCO. The summed E-state index contributed by atoms with van der Waals surface area (Å²) in [6, 6.07) is 0. The first kappa shape index (κ1) is 14.9. The molecule has 0 saturated heterocycles. The summed E-state index contributed by atoms with van der Waals surface area (Å²) in [7, 11) is 7.75. The van der Waals surface area contributed by atoms with E-state index in [2.05, 4.69) is 26.5 Å². The molecule has 0 saturated carbocycles. The first-order valence-corrected chi connectivity index (χ1v) is 4.11. The largest absolute Gasteiger partial charge is 0.480 e. The molecule has 0 heterocycles. The van der Waals surface area contributed by atoms with Crippen LogP contribution in [0.3, 0.4) is 0 Å². The number of rotatable bonds is 4. The second-order valence-electron chi connectivity index (χ2n) is 3.66. The molecular weight excluding hydrogens is 172 g/mol. The van der Waals surface area contributed by atoms with Gasteiger partial charge in [-0.1, -0.05) is 0 Å². The van der Waals surface area contributed by atoms with Gasteiger partial charge >= 0.3 is 5.97 Å². The van der Waals surface area contributed by atoms with Gasteiger partial charge in [-0.3, -0.25) is 4.79 Å². The maximum Gasteiger partial charge on any atom is 0.317 e. The number of carboxylic acids is 1. The highest BCUT2D eigenvalue weighted by molar-refractivity contribution is 5.68. The third-order valence-electron chi connectivity index (χ3n) is 1.10. The standard InChI is InChI=1S/C5H14NO.C3H7NO2/c1-6(2,3)4-5-7;1-4-2-3(5)6/h7H,4-5H2,1-3H3;4H,2H2,1H3,(H,5,6)/q+1;. The molecule has 0 aliphatic carbocycles. The van der Waals surface area contributed by atoms with Gasteiger partial charge in [-0.15, -0.1) is 0 Å². The van der Waals surface area contributed by atoms with E-state index in [1.807, 2.05) is 0 Å². The number of nitrogens with zero attached hydrogens (tertiary/aromatic N) is 1. The lowest BCUT2D eigenvalue weighted by Crippen LogP contribution is -2.36. The molecule has 80 valence electrons. The molecule has 0 aromatic rings. The number of hydrogen-bond acceptors (Lipinski definition) is 3. The molecule has 13 heavy (non-hydrogen) atoms. The quantitative estimate of drug-likeness (QED) is 0.500. The van der Waals surface area contributed by atoms with E-state index in [0.717, 1.165) is 11.0 Å². The lowest BCUT2D eigenvalue weighted by atomic mass is 10.5. The summed E-state index contributed by atoms with van der Waals surface area (Å²) in [5, 5.41) is 18.7. The molecule has 0 rings (SSSR count). The van der Waals surface area contributed by atoms with E-state index in [4.69, 9.17) is 10.2 Å². The van der Waals surface area contributed by atoms with Crippen molar-refractivity contribution in [2.75, 3.05) is 47.9 Å². The Morgan fingerprint density at radius 3 is 1.85 bits per heavy atom. The molecule has 0 fully saturated rings. The van der Waals surface area contributed by atoms with Gasteiger partial charge < -0.3 is 20.0 Å². The highest BCUT2D eigenvalue weighted by Crippen LogP contribution is 1.84. The Balaban J connectivity index is 0. The fraction of sp³-hybridized carbons (Fsp3) is 0.875. The molecule has 0 unspecified atom stereocenters. The molecular formula is C8H21N2O3+. The summed E-state index contributed by atoms with van der Waals surface area (Å²) in [5.74, 6) is -0.822. The van der Waals surface area contributed by atoms with Gasteiger partial charge in [0, 0.05) is 0 Å². The molecule has 0 spiro atoms. The van der Waals surface area contributed by atoms with Crippen molar-refractivity contribution in [3.05, 3.63) is 0 Å². The van der Waals surface area contributed by atoms with E-state index >= 15 is 0 Å². The normalized spacial score (nSPS) is 10.2. The van der Waals surface area contributed by atoms with E-state index in [9.17, 15) is 4.79 Å². The molecule has 0 aromatic carbocycles. The predicted octanol–water partition coefficient (Wildman–Crippen LogP) is -1.02. The van der Waals surface area contributed by atoms with Crippen LogP contribution in [-0.4, -0.2) is 68.6 Å². The number of nitrogens with one attached hydrogen (secondary N) is 1. The van der Waals surface area contributed by atoms with E-state index in [-0.39, 0.29) is 13.2 Å².